The van der Waals surface area contributed by atoms with E-state index in [1.165, 1.54) is 19.2 Å². The number of hydrogen-bond acceptors (Lipinski definition) is 2. The Balaban J connectivity index is 3.03. The van der Waals surface area contributed by atoms with Crippen LogP contribution in [-0.4, -0.2) is 13.1 Å². The normalized spacial score (nSPS) is 14.6. The van der Waals surface area contributed by atoms with Crippen LogP contribution in [0.2, 0.25) is 0 Å². The van der Waals surface area contributed by atoms with Crippen molar-refractivity contribution in [2.75, 3.05) is 7.11 Å². The highest BCUT2D eigenvalue weighted by Gasteiger charge is 2.33. The topological polar surface area (TPSA) is 26.3 Å². The maximum Gasteiger partial charge on any atom is 0.326 e. The van der Waals surface area contributed by atoms with E-state index in [2.05, 4.69) is 20.7 Å². The molecule has 1 aromatic rings. The van der Waals surface area contributed by atoms with Gasteiger partial charge in [-0.15, -0.1) is 0 Å². The summed E-state index contributed by atoms with van der Waals surface area (Å²) in [6.07, 6.45) is 0. The van der Waals surface area contributed by atoms with Crippen LogP contribution >= 0.6 is 15.9 Å². The van der Waals surface area contributed by atoms with Crippen molar-refractivity contribution in [2.45, 2.75) is 11.2 Å². The van der Waals surface area contributed by atoms with E-state index < -0.39 is 10.3 Å². The van der Waals surface area contributed by atoms with Crippen molar-refractivity contribution in [3.05, 3.63) is 35.6 Å². The van der Waals surface area contributed by atoms with Gasteiger partial charge in [-0.2, -0.15) is 0 Å². The number of rotatable bonds is 2. The first-order chi connectivity index (χ1) is 6.48. The first kappa shape index (κ1) is 11.2. The van der Waals surface area contributed by atoms with Gasteiger partial charge in [-0.05, 0) is 24.6 Å². The van der Waals surface area contributed by atoms with Gasteiger partial charge in [0.05, 0.1) is 7.11 Å². The van der Waals surface area contributed by atoms with Crippen molar-refractivity contribution in [3.8, 4) is 0 Å². The van der Waals surface area contributed by atoms with Gasteiger partial charge in [-0.3, -0.25) is 4.79 Å². The molecule has 0 heterocycles. The lowest BCUT2D eigenvalue weighted by Crippen LogP contribution is -2.26. The van der Waals surface area contributed by atoms with Crippen LogP contribution in [0.4, 0.5) is 4.39 Å². The van der Waals surface area contributed by atoms with E-state index in [4.69, 9.17) is 0 Å². The molecule has 0 saturated heterocycles. The summed E-state index contributed by atoms with van der Waals surface area (Å²) < 4.78 is 16.3. The monoisotopic (exact) mass is 260 g/mol. The molecule has 76 valence electrons. The minimum absolute atomic E-state index is 0.332. The molecule has 1 atom stereocenters. The second-order valence-corrected chi connectivity index (χ2v) is 4.59. The number of hydrogen-bond donors (Lipinski definition) is 0. The summed E-state index contributed by atoms with van der Waals surface area (Å²) in [6, 6.07) is 5.69. The summed E-state index contributed by atoms with van der Waals surface area (Å²) in [5, 5.41) is 0. The van der Waals surface area contributed by atoms with Crippen LogP contribution in [0.3, 0.4) is 0 Å². The summed E-state index contributed by atoms with van der Waals surface area (Å²) in [6.45, 7) is 1.66. The highest BCUT2D eigenvalue weighted by molar-refractivity contribution is 9.10. The average Bonchev–Trinajstić information content (AvgIpc) is 2.17. The second-order valence-electron chi connectivity index (χ2n) is 3.00. The van der Waals surface area contributed by atoms with Gasteiger partial charge in [0.2, 0.25) is 0 Å². The number of ether oxygens (including phenoxy) is 1. The minimum Gasteiger partial charge on any atom is -0.468 e. The average molecular weight is 261 g/mol. The molecule has 0 saturated carbocycles. The standard InChI is InChI=1S/C10H10BrFO2/c1-10(11,9(13)14-2)7-3-5-8(12)6-4-7/h3-6H,1-2H3/t10-/m1/s1. The zero-order valence-electron chi connectivity index (χ0n) is 7.88. The Kier molecular flexibility index (Phi) is 3.26. The van der Waals surface area contributed by atoms with Crippen molar-refractivity contribution in [2.24, 2.45) is 0 Å². The number of alkyl halides is 1. The SMILES string of the molecule is COC(=O)[C@](C)(Br)c1ccc(F)cc1. The van der Waals surface area contributed by atoms with Crippen molar-refractivity contribution < 1.29 is 13.9 Å². The summed E-state index contributed by atoms with van der Waals surface area (Å²) in [5.41, 5.74) is 0.658. The summed E-state index contributed by atoms with van der Waals surface area (Å²) >= 11 is 3.24. The lowest BCUT2D eigenvalue weighted by molar-refractivity contribution is -0.143. The van der Waals surface area contributed by atoms with Gasteiger partial charge in [0.1, 0.15) is 10.1 Å². The number of benzene rings is 1. The molecule has 0 unspecified atom stereocenters. The molecule has 0 spiro atoms. The van der Waals surface area contributed by atoms with E-state index in [0.29, 0.717) is 5.56 Å². The number of halogens is 2. The fourth-order valence-corrected chi connectivity index (χ4v) is 1.50. The summed E-state index contributed by atoms with van der Waals surface area (Å²) in [7, 11) is 1.31. The molecule has 0 aliphatic heterocycles. The smallest absolute Gasteiger partial charge is 0.326 e. The summed E-state index contributed by atoms with van der Waals surface area (Å²) in [4.78, 5) is 11.4. The van der Waals surface area contributed by atoms with Gasteiger partial charge >= 0.3 is 5.97 Å². The first-order valence-electron chi connectivity index (χ1n) is 4.02. The van der Waals surface area contributed by atoms with E-state index in [0.717, 1.165) is 0 Å². The van der Waals surface area contributed by atoms with Crippen LogP contribution in [0.15, 0.2) is 24.3 Å². The molecule has 0 N–H and O–H groups in total. The second kappa shape index (κ2) is 4.09. The predicted molar refractivity (Wildman–Crippen MR) is 54.7 cm³/mol. The molecule has 0 bridgehead atoms. The third-order valence-electron chi connectivity index (χ3n) is 1.96. The fraction of sp³-hybridized carbons (Fsp3) is 0.300. The Morgan fingerprint density at radius 1 is 1.43 bits per heavy atom. The molecule has 0 aliphatic rings. The zero-order valence-corrected chi connectivity index (χ0v) is 9.47. The van der Waals surface area contributed by atoms with E-state index in [9.17, 15) is 9.18 Å². The van der Waals surface area contributed by atoms with Gasteiger partial charge in [-0.1, -0.05) is 28.1 Å². The molecule has 1 rings (SSSR count). The fourth-order valence-electron chi connectivity index (χ4n) is 1.07. The third-order valence-corrected chi connectivity index (χ3v) is 2.74. The van der Waals surface area contributed by atoms with Crippen molar-refractivity contribution >= 4 is 21.9 Å². The number of methoxy groups -OCH3 is 1. The summed E-state index contributed by atoms with van der Waals surface area (Å²) in [5.74, 6) is -0.744. The Hall–Kier alpha value is -0.900. The molecule has 14 heavy (non-hydrogen) atoms. The third kappa shape index (κ3) is 2.12. The molecule has 0 fully saturated rings. The van der Waals surface area contributed by atoms with Gasteiger partial charge in [0.15, 0.2) is 0 Å². The van der Waals surface area contributed by atoms with E-state index >= 15 is 0 Å². The maximum absolute atomic E-state index is 12.6. The molecular formula is C10H10BrFO2. The Morgan fingerprint density at radius 2 is 1.93 bits per heavy atom. The van der Waals surface area contributed by atoms with E-state index in [-0.39, 0.29) is 5.82 Å². The highest BCUT2D eigenvalue weighted by Crippen LogP contribution is 2.31. The first-order valence-corrected chi connectivity index (χ1v) is 4.81. The largest absolute Gasteiger partial charge is 0.468 e. The predicted octanol–water partition coefficient (Wildman–Crippen LogP) is 2.61. The molecule has 0 aromatic heterocycles. The van der Waals surface area contributed by atoms with E-state index in [1.54, 1.807) is 19.1 Å². The van der Waals surface area contributed by atoms with Crippen LogP contribution in [0.5, 0.6) is 0 Å². The van der Waals surface area contributed by atoms with Gasteiger partial charge in [-0.25, -0.2) is 4.39 Å². The lowest BCUT2D eigenvalue weighted by Gasteiger charge is -2.19. The van der Waals surface area contributed by atoms with Gasteiger partial charge in [0, 0.05) is 0 Å². The number of carbonyl (C=O) groups excluding carboxylic acids is 1. The number of esters is 1. The molecule has 0 radical (unpaired) electrons. The van der Waals surface area contributed by atoms with Gasteiger partial charge in [0.25, 0.3) is 0 Å². The molecule has 0 amide bonds. The lowest BCUT2D eigenvalue weighted by atomic mass is 10.0. The molecule has 0 aliphatic carbocycles. The molecule has 1 aromatic carbocycles. The zero-order chi connectivity index (χ0) is 10.8. The maximum atomic E-state index is 12.6. The van der Waals surface area contributed by atoms with Crippen molar-refractivity contribution in [3.63, 3.8) is 0 Å². The minimum atomic E-state index is -0.921. The van der Waals surface area contributed by atoms with Crippen molar-refractivity contribution in [1.29, 1.82) is 0 Å². The molecular weight excluding hydrogens is 251 g/mol. The van der Waals surface area contributed by atoms with Crippen LogP contribution in [0, 0.1) is 5.82 Å². The Bertz CT molecular complexity index is 332. The van der Waals surface area contributed by atoms with Crippen LogP contribution in [-0.2, 0) is 13.9 Å². The molecule has 2 nitrogen and oxygen atoms in total. The van der Waals surface area contributed by atoms with Crippen LogP contribution in [0.25, 0.3) is 0 Å². The highest BCUT2D eigenvalue weighted by atomic mass is 79.9. The van der Waals surface area contributed by atoms with Crippen molar-refractivity contribution in [1.82, 2.24) is 0 Å². The quantitative estimate of drug-likeness (QED) is 0.604. The van der Waals surface area contributed by atoms with Crippen LogP contribution in [0.1, 0.15) is 12.5 Å². The Labute approximate surface area is 90.2 Å². The van der Waals surface area contributed by atoms with E-state index in [1.807, 2.05) is 0 Å². The van der Waals surface area contributed by atoms with Crippen LogP contribution < -0.4 is 0 Å². The Morgan fingerprint density at radius 3 is 2.36 bits per heavy atom. The number of carbonyl (C=O) groups is 1. The van der Waals surface area contributed by atoms with Gasteiger partial charge < -0.3 is 4.74 Å². The molecule has 4 heteroatoms.